The molecule has 1 unspecified atom stereocenters. The first-order chi connectivity index (χ1) is 8.62. The molecule has 0 amide bonds. The van der Waals surface area contributed by atoms with Crippen LogP contribution in [0.1, 0.15) is 5.56 Å². The number of methoxy groups -OCH3 is 2. The van der Waals surface area contributed by atoms with Crippen LogP contribution in [0.15, 0.2) is 21.1 Å². The zero-order valence-corrected chi connectivity index (χ0v) is 13.5. The van der Waals surface area contributed by atoms with Gasteiger partial charge in [-0.15, -0.1) is 0 Å². The molecule has 0 bridgehead atoms. The van der Waals surface area contributed by atoms with E-state index in [0.717, 1.165) is 20.3 Å². The first-order valence-corrected chi connectivity index (χ1v) is 7.06. The third kappa shape index (κ3) is 4.51. The van der Waals surface area contributed by atoms with Crippen LogP contribution in [0.25, 0.3) is 0 Å². The van der Waals surface area contributed by atoms with E-state index < -0.39 is 0 Å². The minimum atomic E-state index is -0.0605. The molecule has 1 rings (SSSR count). The molecule has 0 aromatic heterocycles. The summed E-state index contributed by atoms with van der Waals surface area (Å²) in [5.74, 6) is 0.773. The average Bonchev–Trinajstić information content (AvgIpc) is 2.34. The molecular formula is C12H17Br2NO3. The van der Waals surface area contributed by atoms with Gasteiger partial charge >= 0.3 is 0 Å². The Kier molecular flexibility index (Phi) is 7.18. The van der Waals surface area contributed by atoms with E-state index >= 15 is 0 Å². The molecule has 102 valence electrons. The summed E-state index contributed by atoms with van der Waals surface area (Å²) in [6.45, 7) is 1.18. The van der Waals surface area contributed by atoms with Crippen LogP contribution >= 0.6 is 31.9 Å². The molecule has 0 heterocycles. The van der Waals surface area contributed by atoms with Gasteiger partial charge in [0.1, 0.15) is 5.75 Å². The summed E-state index contributed by atoms with van der Waals surface area (Å²) in [6, 6.07) is 3.91. The third-order valence-corrected chi connectivity index (χ3v) is 3.62. The van der Waals surface area contributed by atoms with Crippen molar-refractivity contribution in [1.82, 2.24) is 5.32 Å². The van der Waals surface area contributed by atoms with E-state index in [0.29, 0.717) is 13.2 Å². The Morgan fingerprint density at radius 1 is 1.28 bits per heavy atom. The lowest BCUT2D eigenvalue weighted by Gasteiger charge is -2.16. The minimum absolute atomic E-state index is 0.0480. The van der Waals surface area contributed by atoms with Gasteiger partial charge in [0.2, 0.25) is 0 Å². The number of ether oxygens (including phenoxy) is 2. The van der Waals surface area contributed by atoms with E-state index in [1.807, 2.05) is 12.1 Å². The molecule has 1 aromatic rings. The molecule has 0 radical (unpaired) electrons. The Labute approximate surface area is 124 Å². The first kappa shape index (κ1) is 15.9. The molecular weight excluding hydrogens is 366 g/mol. The fourth-order valence-corrected chi connectivity index (χ4v) is 3.15. The largest absolute Gasteiger partial charge is 0.494 e. The highest BCUT2D eigenvalue weighted by Gasteiger charge is 2.10. The van der Waals surface area contributed by atoms with Gasteiger partial charge in [0.15, 0.2) is 0 Å². The Morgan fingerprint density at radius 3 is 2.33 bits per heavy atom. The highest BCUT2D eigenvalue weighted by molar-refractivity contribution is 9.11. The summed E-state index contributed by atoms with van der Waals surface area (Å²) in [4.78, 5) is 0. The summed E-state index contributed by atoms with van der Waals surface area (Å²) in [7, 11) is 3.24. The van der Waals surface area contributed by atoms with Crippen molar-refractivity contribution < 1.29 is 14.6 Å². The van der Waals surface area contributed by atoms with E-state index in [2.05, 4.69) is 37.2 Å². The highest BCUT2D eigenvalue weighted by atomic mass is 79.9. The average molecular weight is 383 g/mol. The van der Waals surface area contributed by atoms with Crippen molar-refractivity contribution in [2.24, 2.45) is 0 Å². The van der Waals surface area contributed by atoms with Crippen molar-refractivity contribution in [3.8, 4) is 5.75 Å². The van der Waals surface area contributed by atoms with Crippen LogP contribution in [0.4, 0.5) is 0 Å². The summed E-state index contributed by atoms with van der Waals surface area (Å²) in [5.41, 5.74) is 1.09. The monoisotopic (exact) mass is 381 g/mol. The van der Waals surface area contributed by atoms with Crippen LogP contribution in [-0.4, -0.2) is 38.6 Å². The first-order valence-electron chi connectivity index (χ1n) is 5.47. The normalized spacial score (nSPS) is 12.5. The van der Waals surface area contributed by atoms with Gasteiger partial charge in [0, 0.05) is 13.7 Å². The molecule has 0 aliphatic carbocycles. The second-order valence-corrected chi connectivity index (χ2v) is 5.52. The number of rotatable bonds is 7. The molecule has 0 spiro atoms. The number of nitrogens with one attached hydrogen (secondary N) is 1. The molecule has 0 aliphatic heterocycles. The molecule has 0 aliphatic rings. The van der Waals surface area contributed by atoms with Crippen LogP contribution in [0.3, 0.4) is 0 Å². The number of aliphatic hydroxyl groups excluding tert-OH is 1. The van der Waals surface area contributed by atoms with Crippen molar-refractivity contribution >= 4 is 31.9 Å². The predicted octanol–water partition coefficient (Wildman–Crippen LogP) is 2.32. The van der Waals surface area contributed by atoms with Gasteiger partial charge in [0.25, 0.3) is 0 Å². The van der Waals surface area contributed by atoms with Gasteiger partial charge in [-0.25, -0.2) is 0 Å². The van der Waals surface area contributed by atoms with Crippen molar-refractivity contribution in [2.75, 3.05) is 27.4 Å². The highest BCUT2D eigenvalue weighted by Crippen LogP contribution is 2.34. The number of hydrogen-bond donors (Lipinski definition) is 2. The molecule has 1 atom stereocenters. The second kappa shape index (κ2) is 8.12. The van der Waals surface area contributed by atoms with E-state index in [4.69, 9.17) is 14.6 Å². The lowest BCUT2D eigenvalue weighted by atomic mass is 10.2. The second-order valence-electron chi connectivity index (χ2n) is 3.81. The quantitative estimate of drug-likeness (QED) is 0.759. The van der Waals surface area contributed by atoms with E-state index in [1.54, 1.807) is 14.2 Å². The maximum atomic E-state index is 9.15. The van der Waals surface area contributed by atoms with Crippen molar-refractivity contribution in [2.45, 2.75) is 12.6 Å². The zero-order valence-electron chi connectivity index (χ0n) is 10.4. The van der Waals surface area contributed by atoms with Crippen LogP contribution in [0.5, 0.6) is 5.75 Å². The lowest BCUT2D eigenvalue weighted by molar-refractivity contribution is 0.128. The standard InChI is InChI=1S/C12H17Br2NO3/c1-17-7-9(6-16)15-5-8-3-10(13)12(18-2)11(14)4-8/h3-4,9,15-16H,5-7H2,1-2H3. The molecule has 0 saturated heterocycles. The van der Waals surface area contributed by atoms with Crippen LogP contribution < -0.4 is 10.1 Å². The van der Waals surface area contributed by atoms with Gasteiger partial charge in [-0.3, -0.25) is 0 Å². The molecule has 2 N–H and O–H groups in total. The maximum Gasteiger partial charge on any atom is 0.147 e. The Hall–Kier alpha value is -0.140. The SMILES string of the molecule is COCC(CO)NCc1cc(Br)c(OC)c(Br)c1. The third-order valence-electron chi connectivity index (χ3n) is 2.45. The summed E-state index contributed by atoms with van der Waals surface area (Å²) >= 11 is 6.91. The molecule has 0 fully saturated rings. The van der Waals surface area contributed by atoms with Crippen molar-refractivity contribution in [3.05, 3.63) is 26.6 Å². The van der Waals surface area contributed by atoms with Crippen LogP contribution in [-0.2, 0) is 11.3 Å². The fraction of sp³-hybridized carbons (Fsp3) is 0.500. The lowest BCUT2D eigenvalue weighted by Crippen LogP contribution is -2.35. The maximum absolute atomic E-state index is 9.15. The number of halogens is 2. The Morgan fingerprint density at radius 2 is 1.89 bits per heavy atom. The van der Waals surface area contributed by atoms with Gasteiger partial charge < -0.3 is 19.9 Å². The van der Waals surface area contributed by atoms with Crippen LogP contribution in [0.2, 0.25) is 0 Å². The molecule has 4 nitrogen and oxygen atoms in total. The smallest absolute Gasteiger partial charge is 0.147 e. The molecule has 0 saturated carbocycles. The summed E-state index contributed by atoms with van der Waals surface area (Å²) in [5, 5.41) is 12.4. The Bertz CT molecular complexity index is 365. The number of benzene rings is 1. The minimum Gasteiger partial charge on any atom is -0.494 e. The molecule has 1 aromatic carbocycles. The zero-order chi connectivity index (χ0) is 13.5. The van der Waals surface area contributed by atoms with Gasteiger partial charge in [-0.1, -0.05) is 0 Å². The van der Waals surface area contributed by atoms with E-state index in [1.165, 1.54) is 0 Å². The van der Waals surface area contributed by atoms with Crippen LogP contribution in [0, 0.1) is 0 Å². The fourth-order valence-electron chi connectivity index (χ4n) is 1.55. The molecule has 18 heavy (non-hydrogen) atoms. The Balaban J connectivity index is 2.68. The van der Waals surface area contributed by atoms with Gasteiger partial charge in [0.05, 0.1) is 35.3 Å². The summed E-state index contributed by atoms with van der Waals surface area (Å²) in [6.07, 6.45) is 0. The van der Waals surface area contributed by atoms with Gasteiger partial charge in [-0.05, 0) is 49.6 Å². The van der Waals surface area contributed by atoms with Crippen molar-refractivity contribution in [1.29, 1.82) is 0 Å². The topological polar surface area (TPSA) is 50.7 Å². The van der Waals surface area contributed by atoms with E-state index in [9.17, 15) is 0 Å². The summed E-state index contributed by atoms with van der Waals surface area (Å²) < 4.78 is 12.0. The number of aliphatic hydroxyl groups is 1. The van der Waals surface area contributed by atoms with Gasteiger partial charge in [-0.2, -0.15) is 0 Å². The number of hydrogen-bond acceptors (Lipinski definition) is 4. The molecule has 6 heteroatoms. The van der Waals surface area contributed by atoms with E-state index in [-0.39, 0.29) is 12.6 Å². The predicted molar refractivity (Wildman–Crippen MR) is 78.0 cm³/mol. The van der Waals surface area contributed by atoms with Crippen molar-refractivity contribution in [3.63, 3.8) is 0 Å².